The number of allylic oxidation sites excluding steroid dienone is 4. The van der Waals surface area contributed by atoms with Crippen LogP contribution >= 0.6 is 0 Å². The van der Waals surface area contributed by atoms with Gasteiger partial charge in [-0.3, -0.25) is 4.31 Å². The zero-order valence-electron chi connectivity index (χ0n) is 18.8. The number of pyridine rings is 1. The van der Waals surface area contributed by atoms with Crippen molar-refractivity contribution in [2.45, 2.75) is 26.7 Å². The maximum Gasteiger partial charge on any atom is 0.304 e. The van der Waals surface area contributed by atoms with Crippen molar-refractivity contribution >= 4 is 27.9 Å². The highest BCUT2D eigenvalue weighted by atomic mass is 32.2. The molecule has 0 saturated carbocycles. The molecule has 0 aliphatic carbocycles. The predicted molar refractivity (Wildman–Crippen MR) is 128 cm³/mol. The molecule has 1 aromatic rings. The number of hydrogen-bond donors (Lipinski definition) is 1. The van der Waals surface area contributed by atoms with Gasteiger partial charge in [-0.05, 0) is 50.0 Å². The van der Waals surface area contributed by atoms with Crippen molar-refractivity contribution in [2.24, 2.45) is 11.1 Å². The number of rotatable bonds is 13. The lowest BCUT2D eigenvalue weighted by molar-refractivity contribution is 0.160. The topological polar surface area (TPSA) is 110 Å². The number of nitrogen functional groups attached to an aromatic ring is 1. The van der Waals surface area contributed by atoms with E-state index < -0.39 is 10.2 Å². The maximum absolute atomic E-state index is 12.9. The van der Waals surface area contributed by atoms with Gasteiger partial charge >= 0.3 is 10.2 Å². The molecule has 9 nitrogen and oxygen atoms in total. The Balaban J connectivity index is 1.77. The average Bonchev–Trinajstić information content (AvgIpc) is 3.07. The fourth-order valence-corrected chi connectivity index (χ4v) is 4.69. The van der Waals surface area contributed by atoms with Crippen molar-refractivity contribution in [3.8, 4) is 0 Å². The number of oxime groups is 1. The Bertz CT molecular complexity index is 930. The fraction of sp³-hybridized carbons (Fsp3) is 0.455. The van der Waals surface area contributed by atoms with E-state index >= 15 is 0 Å². The molecule has 176 valence electrons. The molecule has 0 spiro atoms. The molecular formula is C22H33N5O4S. The number of anilines is 2. The second-order valence-electron chi connectivity index (χ2n) is 7.28. The Morgan fingerprint density at radius 2 is 2.19 bits per heavy atom. The Morgan fingerprint density at radius 3 is 2.91 bits per heavy atom. The van der Waals surface area contributed by atoms with Gasteiger partial charge in [0.25, 0.3) is 0 Å². The van der Waals surface area contributed by atoms with Crippen LogP contribution in [0.5, 0.6) is 0 Å². The van der Waals surface area contributed by atoms with E-state index in [1.54, 1.807) is 42.7 Å². The second-order valence-corrected chi connectivity index (χ2v) is 9.13. The minimum absolute atomic E-state index is 0.298. The summed E-state index contributed by atoms with van der Waals surface area (Å²) >= 11 is 0. The third-order valence-electron chi connectivity index (χ3n) is 4.88. The van der Waals surface area contributed by atoms with Crippen LogP contribution in [0.25, 0.3) is 0 Å². The molecule has 1 fully saturated rings. The second kappa shape index (κ2) is 12.9. The molecule has 2 rings (SSSR count). The van der Waals surface area contributed by atoms with Gasteiger partial charge in [0.1, 0.15) is 18.2 Å². The van der Waals surface area contributed by atoms with Crippen molar-refractivity contribution in [1.82, 2.24) is 9.29 Å². The van der Waals surface area contributed by atoms with Crippen LogP contribution in [0.1, 0.15) is 26.7 Å². The summed E-state index contributed by atoms with van der Waals surface area (Å²) in [6, 6.07) is 3.23. The van der Waals surface area contributed by atoms with E-state index in [-0.39, 0.29) is 0 Å². The first-order valence-corrected chi connectivity index (χ1v) is 12.0. The van der Waals surface area contributed by atoms with E-state index in [0.29, 0.717) is 56.0 Å². The van der Waals surface area contributed by atoms with Crippen molar-refractivity contribution < 1.29 is 18.0 Å². The van der Waals surface area contributed by atoms with E-state index in [2.05, 4.69) is 23.6 Å². The van der Waals surface area contributed by atoms with Gasteiger partial charge in [-0.15, -0.1) is 0 Å². The molecule has 1 atom stereocenters. The van der Waals surface area contributed by atoms with Crippen LogP contribution in [-0.4, -0.2) is 56.8 Å². The first-order chi connectivity index (χ1) is 15.4. The van der Waals surface area contributed by atoms with Gasteiger partial charge < -0.3 is 15.3 Å². The zero-order valence-corrected chi connectivity index (χ0v) is 19.6. The summed E-state index contributed by atoms with van der Waals surface area (Å²) in [5, 5.41) is 3.72. The van der Waals surface area contributed by atoms with Gasteiger partial charge in [0.05, 0.1) is 18.5 Å². The Hall–Kier alpha value is -2.85. The van der Waals surface area contributed by atoms with Crippen molar-refractivity contribution in [2.75, 3.05) is 42.9 Å². The Labute approximate surface area is 191 Å². The molecule has 10 heteroatoms. The molecule has 0 radical (unpaired) electrons. The molecule has 1 saturated heterocycles. The van der Waals surface area contributed by atoms with Crippen LogP contribution in [0.3, 0.4) is 0 Å². The number of nitrogens with zero attached hydrogens (tertiary/aromatic N) is 4. The molecule has 2 heterocycles. The van der Waals surface area contributed by atoms with Crippen molar-refractivity contribution in [3.05, 3.63) is 55.0 Å². The fourth-order valence-electron chi connectivity index (χ4n) is 3.07. The van der Waals surface area contributed by atoms with E-state index in [1.165, 1.54) is 14.8 Å². The molecule has 1 aromatic heterocycles. The minimum Gasteiger partial charge on any atom is -0.494 e. The highest BCUT2D eigenvalue weighted by molar-refractivity contribution is 7.90. The molecule has 1 unspecified atom stereocenters. The van der Waals surface area contributed by atoms with E-state index in [4.69, 9.17) is 15.3 Å². The summed E-state index contributed by atoms with van der Waals surface area (Å²) in [6.45, 7) is 10.1. The molecular weight excluding hydrogens is 430 g/mol. The van der Waals surface area contributed by atoms with Crippen LogP contribution < -0.4 is 10.0 Å². The van der Waals surface area contributed by atoms with Crippen LogP contribution in [0.4, 0.5) is 11.5 Å². The van der Waals surface area contributed by atoms with E-state index in [1.807, 2.05) is 6.92 Å². The third kappa shape index (κ3) is 7.69. The molecule has 32 heavy (non-hydrogen) atoms. The normalized spacial score (nSPS) is 17.8. The number of aromatic nitrogens is 1. The summed E-state index contributed by atoms with van der Waals surface area (Å²) in [6.07, 6.45) is 11.6. The Morgan fingerprint density at radius 1 is 1.38 bits per heavy atom. The first kappa shape index (κ1) is 25.4. The first-order valence-electron chi connectivity index (χ1n) is 10.6. The molecule has 1 aliphatic rings. The molecule has 1 aliphatic heterocycles. The Kier molecular flexibility index (Phi) is 10.2. The van der Waals surface area contributed by atoms with E-state index in [0.717, 1.165) is 12.8 Å². The van der Waals surface area contributed by atoms with Crippen LogP contribution in [0, 0.1) is 5.92 Å². The number of nitrogens with two attached hydrogens (primary N) is 1. The highest BCUT2D eigenvalue weighted by Crippen LogP contribution is 2.26. The lowest BCUT2D eigenvalue weighted by Gasteiger charge is -2.21. The lowest BCUT2D eigenvalue weighted by atomic mass is 10.0. The van der Waals surface area contributed by atoms with Gasteiger partial charge in [0.2, 0.25) is 0 Å². The standard InChI is InChI=1S/C22H33N5O4S/c1-4-21(8-6-7-12-25-31-5-2)30-17-11-19(3)10-14-26-15-16-27(32(26,28)29)20-9-13-24-22(23)18-20/h4,6-9,12-13,18-19H,1,5,10-11,14-17H2,2-3H3,(H2,23,24)/b7-6+,21-8+,25-12+. The van der Waals surface area contributed by atoms with Gasteiger partial charge in [-0.1, -0.05) is 24.7 Å². The maximum atomic E-state index is 12.9. The average molecular weight is 464 g/mol. The zero-order chi connectivity index (χ0) is 23.4. The summed E-state index contributed by atoms with van der Waals surface area (Å²) in [5.41, 5.74) is 6.24. The third-order valence-corrected chi connectivity index (χ3v) is 6.85. The largest absolute Gasteiger partial charge is 0.494 e. The lowest BCUT2D eigenvalue weighted by Crippen LogP contribution is -2.34. The summed E-state index contributed by atoms with van der Waals surface area (Å²) in [5.74, 6) is 1.26. The van der Waals surface area contributed by atoms with Gasteiger partial charge in [0.15, 0.2) is 0 Å². The van der Waals surface area contributed by atoms with Crippen molar-refractivity contribution in [3.63, 3.8) is 0 Å². The monoisotopic (exact) mass is 463 g/mol. The quantitative estimate of drug-likeness (QED) is 0.208. The van der Waals surface area contributed by atoms with E-state index in [9.17, 15) is 8.42 Å². The highest BCUT2D eigenvalue weighted by Gasteiger charge is 2.36. The molecule has 2 N–H and O–H groups in total. The molecule has 0 bridgehead atoms. The molecule has 0 amide bonds. The SMILES string of the molecule is C=C\C(=C/C=C/C=N/OCC)OCCC(C)CCN1CCN(c2ccnc(N)c2)S1(=O)=O. The smallest absolute Gasteiger partial charge is 0.304 e. The summed E-state index contributed by atoms with van der Waals surface area (Å²) < 4.78 is 34.4. The van der Waals surface area contributed by atoms with Crippen LogP contribution in [-0.2, 0) is 19.8 Å². The number of ether oxygens (including phenoxy) is 1. The summed E-state index contributed by atoms with van der Waals surface area (Å²) in [7, 11) is -3.55. The number of hydrogen-bond acceptors (Lipinski definition) is 7. The predicted octanol–water partition coefficient (Wildman–Crippen LogP) is 3.11. The van der Waals surface area contributed by atoms with Gasteiger partial charge in [-0.2, -0.15) is 12.7 Å². The van der Waals surface area contributed by atoms with Crippen molar-refractivity contribution in [1.29, 1.82) is 0 Å². The minimum atomic E-state index is -3.55. The van der Waals surface area contributed by atoms with Gasteiger partial charge in [0, 0.05) is 31.9 Å². The van der Waals surface area contributed by atoms with Crippen LogP contribution in [0.15, 0.2) is 60.1 Å². The van der Waals surface area contributed by atoms with Crippen LogP contribution in [0.2, 0.25) is 0 Å². The van der Waals surface area contributed by atoms with Gasteiger partial charge in [-0.25, -0.2) is 4.98 Å². The summed E-state index contributed by atoms with van der Waals surface area (Å²) in [4.78, 5) is 8.78. The molecule has 0 aromatic carbocycles.